The lowest BCUT2D eigenvalue weighted by Crippen LogP contribution is -2.33. The van der Waals surface area contributed by atoms with Gasteiger partial charge in [-0.3, -0.25) is 4.90 Å². The SMILES string of the molecule is CCOCCN1CCCN(CCCCCN)CC1. The van der Waals surface area contributed by atoms with Gasteiger partial charge in [0.05, 0.1) is 6.61 Å². The second-order valence-electron chi connectivity index (χ2n) is 5.08. The Labute approximate surface area is 112 Å². The Morgan fingerprint density at radius 2 is 1.67 bits per heavy atom. The Morgan fingerprint density at radius 3 is 2.33 bits per heavy atom. The van der Waals surface area contributed by atoms with Crippen molar-refractivity contribution in [3.05, 3.63) is 0 Å². The van der Waals surface area contributed by atoms with Crippen LogP contribution < -0.4 is 5.73 Å². The van der Waals surface area contributed by atoms with Gasteiger partial charge in [0.2, 0.25) is 0 Å². The summed E-state index contributed by atoms with van der Waals surface area (Å²) in [5.41, 5.74) is 5.52. The number of nitrogens with zero attached hydrogens (tertiary/aromatic N) is 2. The molecule has 0 amide bonds. The number of hydrogen-bond donors (Lipinski definition) is 1. The van der Waals surface area contributed by atoms with Gasteiger partial charge in [-0.25, -0.2) is 0 Å². The maximum Gasteiger partial charge on any atom is 0.0593 e. The monoisotopic (exact) mass is 257 g/mol. The smallest absolute Gasteiger partial charge is 0.0593 e. The van der Waals surface area contributed by atoms with Crippen LogP contribution in [0.1, 0.15) is 32.6 Å². The van der Waals surface area contributed by atoms with Crippen LogP contribution in [-0.4, -0.2) is 68.8 Å². The maximum atomic E-state index is 5.52. The summed E-state index contributed by atoms with van der Waals surface area (Å²) < 4.78 is 5.43. The average molecular weight is 257 g/mol. The van der Waals surface area contributed by atoms with E-state index in [1.54, 1.807) is 0 Å². The fourth-order valence-corrected chi connectivity index (χ4v) is 2.47. The molecule has 4 heteroatoms. The summed E-state index contributed by atoms with van der Waals surface area (Å²) in [7, 11) is 0. The number of nitrogens with two attached hydrogens (primary N) is 1. The lowest BCUT2D eigenvalue weighted by molar-refractivity contribution is 0.114. The van der Waals surface area contributed by atoms with Crippen molar-refractivity contribution in [1.29, 1.82) is 0 Å². The third kappa shape index (κ3) is 7.31. The van der Waals surface area contributed by atoms with E-state index >= 15 is 0 Å². The van der Waals surface area contributed by atoms with Crippen molar-refractivity contribution in [3.8, 4) is 0 Å². The highest BCUT2D eigenvalue weighted by Gasteiger charge is 2.13. The van der Waals surface area contributed by atoms with E-state index in [0.717, 1.165) is 26.3 Å². The summed E-state index contributed by atoms with van der Waals surface area (Å²) in [5, 5.41) is 0. The van der Waals surface area contributed by atoms with Crippen molar-refractivity contribution >= 4 is 0 Å². The first kappa shape index (κ1) is 15.9. The number of rotatable bonds is 9. The molecule has 4 nitrogen and oxygen atoms in total. The van der Waals surface area contributed by atoms with E-state index in [2.05, 4.69) is 16.7 Å². The van der Waals surface area contributed by atoms with E-state index in [9.17, 15) is 0 Å². The van der Waals surface area contributed by atoms with Crippen molar-refractivity contribution in [3.63, 3.8) is 0 Å². The molecule has 1 rings (SSSR count). The maximum absolute atomic E-state index is 5.52. The van der Waals surface area contributed by atoms with Gasteiger partial charge in [-0.1, -0.05) is 6.42 Å². The molecule has 0 atom stereocenters. The molecule has 108 valence electrons. The highest BCUT2D eigenvalue weighted by molar-refractivity contribution is 4.69. The van der Waals surface area contributed by atoms with E-state index in [0.29, 0.717) is 0 Å². The number of unbranched alkanes of at least 4 members (excludes halogenated alkanes) is 2. The quantitative estimate of drug-likeness (QED) is 0.629. The molecule has 1 fully saturated rings. The van der Waals surface area contributed by atoms with Crippen molar-refractivity contribution in [1.82, 2.24) is 9.80 Å². The van der Waals surface area contributed by atoms with Crippen molar-refractivity contribution in [2.45, 2.75) is 32.6 Å². The molecule has 0 spiro atoms. The summed E-state index contributed by atoms with van der Waals surface area (Å²) in [5.74, 6) is 0. The zero-order valence-electron chi connectivity index (χ0n) is 12.1. The fourth-order valence-electron chi connectivity index (χ4n) is 2.47. The lowest BCUT2D eigenvalue weighted by Gasteiger charge is -2.21. The first-order valence-electron chi connectivity index (χ1n) is 7.59. The standard InChI is InChI=1S/C14H31N3O/c1-2-18-14-13-17-10-6-9-16(11-12-17)8-5-3-4-7-15/h2-15H2,1H3. The topological polar surface area (TPSA) is 41.7 Å². The van der Waals surface area contributed by atoms with Gasteiger partial charge in [0.25, 0.3) is 0 Å². The van der Waals surface area contributed by atoms with Crippen LogP contribution in [0.3, 0.4) is 0 Å². The molecule has 0 aromatic heterocycles. The van der Waals surface area contributed by atoms with Crippen LogP contribution >= 0.6 is 0 Å². The largest absolute Gasteiger partial charge is 0.380 e. The zero-order chi connectivity index (χ0) is 13.1. The van der Waals surface area contributed by atoms with Crippen LogP contribution in [-0.2, 0) is 4.74 Å². The highest BCUT2D eigenvalue weighted by Crippen LogP contribution is 2.05. The Kier molecular flexibility index (Phi) is 9.48. The molecule has 0 bridgehead atoms. The van der Waals surface area contributed by atoms with Crippen LogP contribution in [0.4, 0.5) is 0 Å². The Morgan fingerprint density at radius 1 is 0.944 bits per heavy atom. The Balaban J connectivity index is 2.08. The predicted octanol–water partition coefficient (Wildman–Crippen LogP) is 1.16. The van der Waals surface area contributed by atoms with Gasteiger partial charge in [-0.2, -0.15) is 0 Å². The predicted molar refractivity (Wildman–Crippen MR) is 76.9 cm³/mol. The average Bonchev–Trinajstić information content (AvgIpc) is 2.61. The fraction of sp³-hybridized carbons (Fsp3) is 1.00. The van der Waals surface area contributed by atoms with E-state index in [1.807, 2.05) is 0 Å². The third-order valence-electron chi connectivity index (χ3n) is 3.62. The minimum Gasteiger partial charge on any atom is -0.380 e. The first-order valence-corrected chi connectivity index (χ1v) is 7.59. The van der Waals surface area contributed by atoms with Crippen molar-refractivity contribution < 1.29 is 4.74 Å². The van der Waals surface area contributed by atoms with Gasteiger partial charge in [-0.15, -0.1) is 0 Å². The zero-order valence-corrected chi connectivity index (χ0v) is 12.1. The van der Waals surface area contributed by atoms with Gasteiger partial charge in [0.1, 0.15) is 0 Å². The molecule has 1 heterocycles. The van der Waals surface area contributed by atoms with Crippen molar-refractivity contribution in [2.24, 2.45) is 5.73 Å². The minimum absolute atomic E-state index is 0.834. The van der Waals surface area contributed by atoms with Gasteiger partial charge in [0, 0.05) is 26.2 Å². The van der Waals surface area contributed by atoms with Crippen molar-refractivity contribution in [2.75, 3.05) is 59.0 Å². The van der Waals surface area contributed by atoms with Gasteiger partial charge in [-0.05, 0) is 52.4 Å². The molecule has 2 N–H and O–H groups in total. The summed E-state index contributed by atoms with van der Waals surface area (Å²) in [4.78, 5) is 5.15. The molecule has 1 saturated heterocycles. The molecular weight excluding hydrogens is 226 g/mol. The van der Waals surface area contributed by atoms with E-state index in [4.69, 9.17) is 10.5 Å². The molecule has 1 aliphatic heterocycles. The van der Waals surface area contributed by atoms with Crippen LogP contribution in [0.2, 0.25) is 0 Å². The number of ether oxygens (including phenoxy) is 1. The second kappa shape index (κ2) is 10.7. The first-order chi connectivity index (χ1) is 8.86. The minimum atomic E-state index is 0.834. The summed E-state index contributed by atoms with van der Waals surface area (Å²) in [6.45, 7) is 11.9. The van der Waals surface area contributed by atoms with Gasteiger partial charge >= 0.3 is 0 Å². The normalized spacial score (nSPS) is 19.0. The van der Waals surface area contributed by atoms with Crippen LogP contribution in [0, 0.1) is 0 Å². The molecule has 18 heavy (non-hydrogen) atoms. The molecular formula is C14H31N3O. The highest BCUT2D eigenvalue weighted by atomic mass is 16.5. The number of hydrogen-bond acceptors (Lipinski definition) is 4. The summed E-state index contributed by atoms with van der Waals surface area (Å²) >= 11 is 0. The van der Waals surface area contributed by atoms with E-state index < -0.39 is 0 Å². The van der Waals surface area contributed by atoms with E-state index in [1.165, 1.54) is 58.4 Å². The van der Waals surface area contributed by atoms with E-state index in [-0.39, 0.29) is 0 Å². The molecule has 0 radical (unpaired) electrons. The lowest BCUT2D eigenvalue weighted by atomic mass is 10.2. The molecule has 0 saturated carbocycles. The van der Waals surface area contributed by atoms with Crippen LogP contribution in [0.15, 0.2) is 0 Å². The second-order valence-corrected chi connectivity index (χ2v) is 5.08. The molecule has 0 aromatic carbocycles. The van der Waals surface area contributed by atoms with Gasteiger partial charge < -0.3 is 15.4 Å². The molecule has 1 aliphatic rings. The third-order valence-corrected chi connectivity index (χ3v) is 3.62. The molecule has 0 aliphatic carbocycles. The Bertz CT molecular complexity index is 190. The Hall–Kier alpha value is -0.160. The summed E-state index contributed by atoms with van der Waals surface area (Å²) in [6.07, 6.45) is 5.05. The molecule has 0 aromatic rings. The van der Waals surface area contributed by atoms with Crippen LogP contribution in [0.5, 0.6) is 0 Å². The van der Waals surface area contributed by atoms with Gasteiger partial charge in [0.15, 0.2) is 0 Å². The molecule has 0 unspecified atom stereocenters. The van der Waals surface area contributed by atoms with Crippen LogP contribution in [0.25, 0.3) is 0 Å². The summed E-state index contributed by atoms with van der Waals surface area (Å²) in [6, 6.07) is 0.